The first-order valence-electron chi connectivity index (χ1n) is 15.3. The molecule has 5 nitrogen and oxygen atoms in total. The molecule has 1 saturated carbocycles. The summed E-state index contributed by atoms with van der Waals surface area (Å²) in [7, 11) is -2.20. The predicted octanol–water partition coefficient (Wildman–Crippen LogP) is 8.68. The number of fused-ring (bicyclic) bond motifs is 1. The van der Waals surface area contributed by atoms with Gasteiger partial charge in [0.05, 0.1) is 19.3 Å². The minimum absolute atomic E-state index is 0.00897. The van der Waals surface area contributed by atoms with Crippen LogP contribution in [0.4, 0.5) is 13.2 Å². The summed E-state index contributed by atoms with van der Waals surface area (Å²) in [6.07, 6.45) is 3.34. The Labute approximate surface area is 249 Å². The van der Waals surface area contributed by atoms with Crippen molar-refractivity contribution >= 4 is 13.9 Å². The summed E-state index contributed by atoms with van der Waals surface area (Å²) < 4.78 is 52.8. The van der Waals surface area contributed by atoms with Crippen molar-refractivity contribution in [3.05, 3.63) is 63.7 Å². The van der Waals surface area contributed by atoms with E-state index < -0.39 is 26.3 Å². The molecule has 2 aromatic heterocycles. The average Bonchev–Trinajstić information content (AvgIpc) is 2.89. The van der Waals surface area contributed by atoms with Gasteiger partial charge in [-0.25, -0.2) is 0 Å². The molecule has 0 aromatic carbocycles. The smallest absolute Gasteiger partial charge is 0.410 e. The van der Waals surface area contributed by atoms with Crippen LogP contribution in [0.5, 0.6) is 0 Å². The van der Waals surface area contributed by atoms with Gasteiger partial charge in [-0.2, -0.15) is 13.2 Å². The summed E-state index contributed by atoms with van der Waals surface area (Å²) in [5.41, 5.74) is 5.11. The Balaban J connectivity index is 1.75. The van der Waals surface area contributed by atoms with Gasteiger partial charge in [0.1, 0.15) is 11.8 Å². The molecule has 3 heterocycles. The molecule has 0 bridgehead atoms. The lowest BCUT2D eigenvalue weighted by molar-refractivity contribution is -0.141. The SMILES string of the molecule is CC(C)c1nc2c(c(C3=CCOCC3)c1C(O)c1ccc(C(F)(F)F)nc1)[C@@H](O[Si](C)(C)C(C)(C)C)CC1(CCC1)C2. The van der Waals surface area contributed by atoms with E-state index in [9.17, 15) is 18.3 Å². The Morgan fingerprint density at radius 3 is 2.36 bits per heavy atom. The van der Waals surface area contributed by atoms with E-state index in [1.165, 1.54) is 12.5 Å². The van der Waals surface area contributed by atoms with E-state index >= 15 is 0 Å². The molecule has 1 fully saturated rings. The second-order valence-corrected chi connectivity index (χ2v) is 19.1. The van der Waals surface area contributed by atoms with Gasteiger partial charge in [-0.05, 0) is 78.8 Å². The highest BCUT2D eigenvalue weighted by Gasteiger charge is 2.49. The Morgan fingerprint density at radius 2 is 1.86 bits per heavy atom. The molecule has 1 N–H and O–H groups in total. The molecule has 1 aliphatic heterocycles. The number of ether oxygens (including phenoxy) is 1. The maximum atomic E-state index is 13.3. The normalized spacial score (nSPS) is 21.6. The lowest BCUT2D eigenvalue weighted by Gasteiger charge is -2.51. The molecule has 5 rings (SSSR count). The summed E-state index contributed by atoms with van der Waals surface area (Å²) in [6.45, 7) is 16.5. The standard InChI is InChI=1S/C33H45F3N2O3Si/c1-20(2)29-28(30(39)22-9-10-25(37-19-22)33(34,35)36)26(21-11-15-40-16-12-21)27-23(38-29)17-32(13-8-14-32)18-24(27)41-42(6,7)31(3,4)5/h9-11,19-20,24,30,39H,8,12-18H2,1-7H3/t24-,30?/m0/s1. The molecule has 0 saturated heterocycles. The first-order chi connectivity index (χ1) is 19.5. The highest BCUT2D eigenvalue weighted by molar-refractivity contribution is 6.74. The second-order valence-electron chi connectivity index (χ2n) is 14.3. The first kappa shape index (κ1) is 31.4. The van der Waals surface area contributed by atoms with Crippen molar-refractivity contribution < 1.29 is 27.4 Å². The summed E-state index contributed by atoms with van der Waals surface area (Å²) in [4.78, 5) is 8.98. The zero-order valence-electron chi connectivity index (χ0n) is 26.0. The van der Waals surface area contributed by atoms with E-state index in [-0.39, 0.29) is 22.5 Å². The molecule has 0 radical (unpaired) electrons. The molecular weight excluding hydrogens is 557 g/mol. The van der Waals surface area contributed by atoms with Crippen LogP contribution >= 0.6 is 0 Å². The number of hydrogen-bond donors (Lipinski definition) is 1. The number of halogens is 3. The number of nitrogens with zero attached hydrogens (tertiary/aromatic N) is 2. The monoisotopic (exact) mass is 602 g/mol. The van der Waals surface area contributed by atoms with Crippen LogP contribution in [0.15, 0.2) is 24.4 Å². The van der Waals surface area contributed by atoms with Crippen LogP contribution in [0.1, 0.15) is 124 Å². The number of rotatable bonds is 6. The van der Waals surface area contributed by atoms with Gasteiger partial charge in [0.25, 0.3) is 0 Å². The summed E-state index contributed by atoms with van der Waals surface area (Å²) in [6, 6.07) is 2.27. The van der Waals surface area contributed by atoms with E-state index in [0.29, 0.717) is 30.8 Å². The van der Waals surface area contributed by atoms with E-state index in [1.54, 1.807) is 0 Å². The molecule has 1 unspecified atom stereocenters. The van der Waals surface area contributed by atoms with Gasteiger partial charge >= 0.3 is 6.18 Å². The Bertz CT molecular complexity index is 1340. The summed E-state index contributed by atoms with van der Waals surface area (Å²) in [5.74, 6) is -0.0134. The van der Waals surface area contributed by atoms with Crippen molar-refractivity contribution in [1.82, 2.24) is 9.97 Å². The average molecular weight is 603 g/mol. The van der Waals surface area contributed by atoms with Crippen molar-refractivity contribution in [2.45, 2.75) is 116 Å². The molecule has 3 aliphatic rings. The fourth-order valence-electron chi connectivity index (χ4n) is 6.50. The lowest BCUT2D eigenvalue weighted by Crippen LogP contribution is -2.46. The van der Waals surface area contributed by atoms with E-state index in [4.69, 9.17) is 14.1 Å². The molecule has 230 valence electrons. The molecule has 2 aromatic rings. The zero-order chi connectivity index (χ0) is 30.7. The van der Waals surface area contributed by atoms with Crippen molar-refractivity contribution in [1.29, 1.82) is 0 Å². The van der Waals surface area contributed by atoms with Crippen LogP contribution in [0.3, 0.4) is 0 Å². The quantitative estimate of drug-likeness (QED) is 0.335. The van der Waals surface area contributed by atoms with Gasteiger partial charge in [-0.3, -0.25) is 9.97 Å². The van der Waals surface area contributed by atoms with Gasteiger partial charge in [0.15, 0.2) is 8.32 Å². The number of hydrogen-bond acceptors (Lipinski definition) is 5. The topological polar surface area (TPSA) is 64.5 Å². The van der Waals surface area contributed by atoms with Crippen molar-refractivity contribution in [3.8, 4) is 0 Å². The Hall–Kier alpha value is -2.07. The maximum Gasteiger partial charge on any atom is 0.433 e. The molecule has 0 amide bonds. The van der Waals surface area contributed by atoms with Gasteiger partial charge < -0.3 is 14.3 Å². The van der Waals surface area contributed by atoms with Crippen LogP contribution in [-0.2, 0) is 21.8 Å². The molecule has 1 spiro atoms. The number of aromatic nitrogens is 2. The molecule has 9 heteroatoms. The Kier molecular flexibility index (Phi) is 8.31. The fraction of sp³-hybridized carbons (Fsp3) is 0.636. The minimum atomic E-state index is -4.55. The Morgan fingerprint density at radius 1 is 1.14 bits per heavy atom. The number of pyridine rings is 2. The zero-order valence-corrected chi connectivity index (χ0v) is 27.0. The summed E-state index contributed by atoms with van der Waals surface area (Å²) in [5, 5.41) is 12.0. The van der Waals surface area contributed by atoms with Gasteiger partial charge in [-0.15, -0.1) is 0 Å². The minimum Gasteiger partial charge on any atom is -0.410 e. The van der Waals surface area contributed by atoms with E-state index in [2.05, 4.69) is 58.8 Å². The van der Waals surface area contributed by atoms with E-state index in [1.807, 2.05) is 0 Å². The van der Waals surface area contributed by atoms with Crippen LogP contribution in [0.2, 0.25) is 18.1 Å². The van der Waals surface area contributed by atoms with Crippen molar-refractivity contribution in [3.63, 3.8) is 0 Å². The fourth-order valence-corrected chi connectivity index (χ4v) is 7.76. The van der Waals surface area contributed by atoms with Gasteiger partial charge in [0, 0.05) is 34.3 Å². The third kappa shape index (κ3) is 5.86. The summed E-state index contributed by atoms with van der Waals surface area (Å²) >= 11 is 0. The largest absolute Gasteiger partial charge is 0.433 e. The van der Waals surface area contributed by atoms with Crippen LogP contribution in [0.25, 0.3) is 5.57 Å². The number of aliphatic hydroxyl groups is 1. The van der Waals surface area contributed by atoms with Crippen LogP contribution < -0.4 is 0 Å². The molecule has 2 aliphatic carbocycles. The van der Waals surface area contributed by atoms with Crippen molar-refractivity contribution in [2.24, 2.45) is 5.41 Å². The third-order valence-corrected chi connectivity index (χ3v) is 14.5. The molecular formula is C33H45F3N2O3Si. The van der Waals surface area contributed by atoms with Gasteiger partial charge in [-0.1, -0.05) is 53.2 Å². The predicted molar refractivity (Wildman–Crippen MR) is 161 cm³/mol. The van der Waals surface area contributed by atoms with Crippen LogP contribution in [-0.4, -0.2) is 36.6 Å². The second kappa shape index (κ2) is 11.1. The van der Waals surface area contributed by atoms with Crippen LogP contribution in [0, 0.1) is 5.41 Å². The van der Waals surface area contributed by atoms with E-state index in [0.717, 1.165) is 66.0 Å². The highest BCUT2D eigenvalue weighted by Crippen LogP contribution is 2.57. The lowest BCUT2D eigenvalue weighted by atomic mass is 9.59. The molecule has 42 heavy (non-hydrogen) atoms. The highest BCUT2D eigenvalue weighted by atomic mass is 28.4. The maximum absolute atomic E-state index is 13.3. The third-order valence-electron chi connectivity index (χ3n) is 10.0. The molecule has 2 atom stereocenters. The number of alkyl halides is 3. The first-order valence-corrected chi connectivity index (χ1v) is 18.2. The number of aliphatic hydroxyl groups excluding tert-OH is 1. The van der Waals surface area contributed by atoms with Crippen molar-refractivity contribution in [2.75, 3.05) is 13.2 Å². The van der Waals surface area contributed by atoms with Gasteiger partial charge in [0.2, 0.25) is 0 Å².